The zero-order valence-corrected chi connectivity index (χ0v) is 8.00. The van der Waals surface area contributed by atoms with Crippen LogP contribution >= 0.6 is 0 Å². The standard InChI is InChI=1S/C11H7F2NO2/c12-7-2-1-6(5-8(7)13)9-3-4-10(14-9)11(15)16/h1-5,14H,(H,15,16). The normalized spacial score (nSPS) is 10.4. The number of hydrogen-bond donors (Lipinski definition) is 2. The maximum atomic E-state index is 12.9. The highest BCUT2D eigenvalue weighted by molar-refractivity contribution is 5.86. The maximum absolute atomic E-state index is 12.9. The van der Waals surface area contributed by atoms with Gasteiger partial charge in [0.25, 0.3) is 0 Å². The Hall–Kier alpha value is -2.17. The Labute approximate surface area is 89.3 Å². The molecular weight excluding hydrogens is 216 g/mol. The van der Waals surface area contributed by atoms with E-state index in [0.29, 0.717) is 11.3 Å². The van der Waals surface area contributed by atoms with E-state index in [1.165, 1.54) is 18.2 Å². The van der Waals surface area contributed by atoms with E-state index in [4.69, 9.17) is 5.11 Å². The van der Waals surface area contributed by atoms with Gasteiger partial charge in [0.05, 0.1) is 0 Å². The van der Waals surface area contributed by atoms with Crippen molar-refractivity contribution in [1.29, 1.82) is 0 Å². The summed E-state index contributed by atoms with van der Waals surface area (Å²) in [5.74, 6) is -3.01. The number of hydrogen-bond acceptors (Lipinski definition) is 1. The van der Waals surface area contributed by atoms with Crippen LogP contribution in [0.1, 0.15) is 10.5 Å². The molecule has 0 aliphatic carbocycles. The number of halogens is 2. The molecule has 1 aromatic heterocycles. The molecule has 0 spiro atoms. The van der Waals surface area contributed by atoms with Crippen LogP contribution in [-0.2, 0) is 0 Å². The lowest BCUT2D eigenvalue weighted by molar-refractivity contribution is 0.0691. The first kappa shape index (κ1) is 10.4. The average Bonchev–Trinajstić information content (AvgIpc) is 2.71. The predicted octanol–water partition coefficient (Wildman–Crippen LogP) is 2.66. The molecule has 1 aromatic carbocycles. The van der Waals surface area contributed by atoms with E-state index in [1.54, 1.807) is 0 Å². The first-order valence-corrected chi connectivity index (χ1v) is 4.45. The third-order valence-corrected chi connectivity index (χ3v) is 2.15. The van der Waals surface area contributed by atoms with Gasteiger partial charge in [0.15, 0.2) is 11.6 Å². The van der Waals surface area contributed by atoms with Crippen LogP contribution in [0.5, 0.6) is 0 Å². The second-order valence-corrected chi connectivity index (χ2v) is 3.22. The largest absolute Gasteiger partial charge is 0.477 e. The molecule has 2 rings (SSSR count). The molecule has 0 atom stereocenters. The van der Waals surface area contributed by atoms with Gasteiger partial charge >= 0.3 is 5.97 Å². The minimum atomic E-state index is -1.10. The highest BCUT2D eigenvalue weighted by Gasteiger charge is 2.09. The Bertz CT molecular complexity index is 549. The van der Waals surface area contributed by atoms with Gasteiger partial charge in [-0.25, -0.2) is 13.6 Å². The fourth-order valence-electron chi connectivity index (χ4n) is 1.35. The molecule has 2 aromatic rings. The summed E-state index contributed by atoms with van der Waals surface area (Å²) >= 11 is 0. The summed E-state index contributed by atoms with van der Waals surface area (Å²) in [6.07, 6.45) is 0. The van der Waals surface area contributed by atoms with Crippen molar-refractivity contribution < 1.29 is 18.7 Å². The van der Waals surface area contributed by atoms with Crippen molar-refractivity contribution in [3.8, 4) is 11.3 Å². The van der Waals surface area contributed by atoms with E-state index >= 15 is 0 Å². The third-order valence-electron chi connectivity index (χ3n) is 2.15. The fraction of sp³-hybridized carbons (Fsp3) is 0. The Morgan fingerprint density at radius 2 is 1.88 bits per heavy atom. The van der Waals surface area contributed by atoms with Crippen LogP contribution in [0.4, 0.5) is 8.78 Å². The molecular formula is C11H7F2NO2. The maximum Gasteiger partial charge on any atom is 0.352 e. The van der Waals surface area contributed by atoms with Crippen LogP contribution in [-0.4, -0.2) is 16.1 Å². The van der Waals surface area contributed by atoms with Gasteiger partial charge in [-0.1, -0.05) is 0 Å². The Morgan fingerprint density at radius 3 is 2.44 bits per heavy atom. The van der Waals surface area contributed by atoms with Gasteiger partial charge in [0.1, 0.15) is 5.69 Å². The number of benzene rings is 1. The summed E-state index contributed by atoms with van der Waals surface area (Å²) in [7, 11) is 0. The van der Waals surface area contributed by atoms with Crippen LogP contribution in [0.15, 0.2) is 30.3 Å². The molecule has 3 nitrogen and oxygen atoms in total. The number of rotatable bonds is 2. The number of aromatic nitrogens is 1. The highest BCUT2D eigenvalue weighted by Crippen LogP contribution is 2.20. The van der Waals surface area contributed by atoms with Crippen molar-refractivity contribution in [2.24, 2.45) is 0 Å². The zero-order valence-electron chi connectivity index (χ0n) is 8.00. The van der Waals surface area contributed by atoms with Crippen LogP contribution in [0.2, 0.25) is 0 Å². The highest BCUT2D eigenvalue weighted by atomic mass is 19.2. The SMILES string of the molecule is O=C(O)c1ccc(-c2ccc(F)c(F)c2)[nH]1. The molecule has 0 amide bonds. The number of carbonyl (C=O) groups is 1. The molecule has 5 heteroatoms. The molecule has 0 saturated heterocycles. The lowest BCUT2D eigenvalue weighted by Gasteiger charge is -1.99. The van der Waals surface area contributed by atoms with Gasteiger partial charge in [0.2, 0.25) is 0 Å². The Kier molecular flexibility index (Phi) is 2.44. The zero-order chi connectivity index (χ0) is 11.7. The van der Waals surface area contributed by atoms with E-state index < -0.39 is 17.6 Å². The third kappa shape index (κ3) is 1.79. The van der Waals surface area contributed by atoms with Gasteiger partial charge in [-0.3, -0.25) is 0 Å². The van der Waals surface area contributed by atoms with Gasteiger partial charge in [0, 0.05) is 11.3 Å². The molecule has 2 N–H and O–H groups in total. The summed E-state index contributed by atoms with van der Waals surface area (Å²) in [6.45, 7) is 0. The second-order valence-electron chi connectivity index (χ2n) is 3.22. The van der Waals surface area contributed by atoms with E-state index in [-0.39, 0.29) is 5.69 Å². The minimum absolute atomic E-state index is 0.000247. The monoisotopic (exact) mass is 223 g/mol. The molecule has 0 aliphatic rings. The van der Waals surface area contributed by atoms with Crippen molar-refractivity contribution in [3.63, 3.8) is 0 Å². The molecule has 1 heterocycles. The van der Waals surface area contributed by atoms with Gasteiger partial charge in [-0.2, -0.15) is 0 Å². The van der Waals surface area contributed by atoms with Crippen molar-refractivity contribution >= 4 is 5.97 Å². The van der Waals surface area contributed by atoms with E-state index in [0.717, 1.165) is 12.1 Å². The summed E-state index contributed by atoms with van der Waals surface area (Å²) in [5, 5.41) is 8.68. The number of carboxylic acid groups (broad SMARTS) is 1. The summed E-state index contributed by atoms with van der Waals surface area (Å²) in [5.41, 5.74) is 0.822. The van der Waals surface area contributed by atoms with Crippen LogP contribution in [0.25, 0.3) is 11.3 Å². The minimum Gasteiger partial charge on any atom is -0.477 e. The summed E-state index contributed by atoms with van der Waals surface area (Å²) < 4.78 is 25.6. The first-order chi connectivity index (χ1) is 7.58. The molecule has 0 aliphatic heterocycles. The molecule has 82 valence electrons. The van der Waals surface area contributed by atoms with Crippen molar-refractivity contribution in [3.05, 3.63) is 47.7 Å². The fourth-order valence-corrected chi connectivity index (χ4v) is 1.35. The topological polar surface area (TPSA) is 53.1 Å². The first-order valence-electron chi connectivity index (χ1n) is 4.45. The van der Waals surface area contributed by atoms with Crippen LogP contribution in [0, 0.1) is 11.6 Å². The number of aromatic amines is 1. The Morgan fingerprint density at radius 1 is 1.12 bits per heavy atom. The molecule has 0 bridgehead atoms. The lowest BCUT2D eigenvalue weighted by Crippen LogP contribution is -1.95. The van der Waals surface area contributed by atoms with Crippen molar-refractivity contribution in [1.82, 2.24) is 4.98 Å². The number of H-pyrrole nitrogens is 1. The Balaban J connectivity index is 2.42. The van der Waals surface area contributed by atoms with Crippen LogP contribution in [0.3, 0.4) is 0 Å². The van der Waals surface area contributed by atoms with Gasteiger partial charge < -0.3 is 10.1 Å². The molecule has 0 fully saturated rings. The van der Waals surface area contributed by atoms with E-state index in [1.807, 2.05) is 0 Å². The quantitative estimate of drug-likeness (QED) is 0.822. The van der Waals surface area contributed by atoms with Crippen LogP contribution < -0.4 is 0 Å². The van der Waals surface area contributed by atoms with Gasteiger partial charge in [-0.05, 0) is 30.3 Å². The van der Waals surface area contributed by atoms with E-state index in [2.05, 4.69) is 4.98 Å². The summed E-state index contributed by atoms with van der Waals surface area (Å²) in [4.78, 5) is 13.2. The van der Waals surface area contributed by atoms with Gasteiger partial charge in [-0.15, -0.1) is 0 Å². The number of nitrogens with one attached hydrogen (secondary N) is 1. The molecule has 0 unspecified atom stereocenters. The number of aromatic carboxylic acids is 1. The number of carboxylic acids is 1. The van der Waals surface area contributed by atoms with Crippen molar-refractivity contribution in [2.75, 3.05) is 0 Å². The lowest BCUT2D eigenvalue weighted by atomic mass is 10.1. The predicted molar refractivity (Wildman–Crippen MR) is 53.1 cm³/mol. The summed E-state index contributed by atoms with van der Waals surface area (Å²) in [6, 6.07) is 6.23. The van der Waals surface area contributed by atoms with Crippen molar-refractivity contribution in [2.45, 2.75) is 0 Å². The molecule has 16 heavy (non-hydrogen) atoms. The smallest absolute Gasteiger partial charge is 0.352 e. The molecule has 0 radical (unpaired) electrons. The van der Waals surface area contributed by atoms with E-state index in [9.17, 15) is 13.6 Å². The molecule has 0 saturated carbocycles. The average molecular weight is 223 g/mol. The second kappa shape index (κ2) is 3.77.